The molecule has 1 aromatic carbocycles. The summed E-state index contributed by atoms with van der Waals surface area (Å²) in [6.45, 7) is 0. The molecule has 88 valence electrons. The largest absolute Gasteiger partial charge is 0.483 e. The minimum absolute atomic E-state index is 0.211. The summed E-state index contributed by atoms with van der Waals surface area (Å²) < 4.78 is 5.98. The van der Waals surface area contributed by atoms with Gasteiger partial charge in [-0.05, 0) is 43.0 Å². The molecular weight excluding hydrogens is 216 g/mol. The highest BCUT2D eigenvalue weighted by atomic mass is 16.5. The van der Waals surface area contributed by atoms with Crippen molar-refractivity contribution in [2.75, 3.05) is 0 Å². The highest BCUT2D eigenvalue weighted by Crippen LogP contribution is 2.40. The van der Waals surface area contributed by atoms with E-state index >= 15 is 0 Å². The van der Waals surface area contributed by atoms with Crippen LogP contribution in [0.4, 0.5) is 0 Å². The number of fused-ring (bicyclic) bond motifs is 1. The van der Waals surface area contributed by atoms with Gasteiger partial charge in [0.15, 0.2) is 0 Å². The first-order valence-corrected chi connectivity index (χ1v) is 5.91. The maximum atomic E-state index is 10.9. The van der Waals surface area contributed by atoms with Crippen LogP contribution in [0.1, 0.15) is 35.2 Å². The Hall–Kier alpha value is -1.77. The van der Waals surface area contributed by atoms with Crippen molar-refractivity contribution in [2.24, 2.45) is 0 Å². The summed E-state index contributed by atoms with van der Waals surface area (Å²) in [5.74, 6) is -0.173. The molecule has 0 radical (unpaired) electrons. The van der Waals surface area contributed by atoms with Gasteiger partial charge in [0.2, 0.25) is 0 Å². The van der Waals surface area contributed by atoms with E-state index in [0.717, 1.165) is 37.0 Å². The van der Waals surface area contributed by atoms with Crippen LogP contribution in [-0.2, 0) is 6.42 Å². The molecule has 0 bridgehead atoms. The van der Waals surface area contributed by atoms with Crippen molar-refractivity contribution in [3.8, 4) is 5.75 Å². The zero-order valence-electron chi connectivity index (χ0n) is 9.48. The van der Waals surface area contributed by atoms with Gasteiger partial charge in [-0.15, -0.1) is 0 Å². The Labute approximate surface area is 99.7 Å². The zero-order valence-corrected chi connectivity index (χ0v) is 9.48. The Balaban J connectivity index is 1.95. The molecule has 0 amide bonds. The van der Waals surface area contributed by atoms with Crippen LogP contribution in [0.15, 0.2) is 30.4 Å². The first-order valence-electron chi connectivity index (χ1n) is 5.91. The number of hydrogen-bond acceptors (Lipinski definition) is 2. The molecule has 0 aromatic heterocycles. The summed E-state index contributed by atoms with van der Waals surface area (Å²) >= 11 is 0. The monoisotopic (exact) mass is 230 g/mol. The average Bonchev–Trinajstić information content (AvgIpc) is 2.66. The van der Waals surface area contributed by atoms with Crippen molar-refractivity contribution >= 4 is 5.97 Å². The molecule has 2 aliphatic rings. The number of benzene rings is 1. The molecule has 1 aliphatic heterocycles. The van der Waals surface area contributed by atoms with Gasteiger partial charge in [-0.25, -0.2) is 4.79 Å². The van der Waals surface area contributed by atoms with Crippen LogP contribution in [0.2, 0.25) is 0 Å². The fourth-order valence-electron chi connectivity index (χ4n) is 2.64. The zero-order chi connectivity index (χ0) is 11.9. The number of carboxylic acid groups (broad SMARTS) is 1. The summed E-state index contributed by atoms with van der Waals surface area (Å²) in [7, 11) is 0. The fourth-order valence-corrected chi connectivity index (χ4v) is 2.64. The van der Waals surface area contributed by atoms with Gasteiger partial charge in [0.05, 0.1) is 5.56 Å². The third kappa shape index (κ3) is 1.71. The summed E-state index contributed by atoms with van der Waals surface area (Å²) in [6, 6.07) is 5.15. The van der Waals surface area contributed by atoms with Gasteiger partial charge in [0.25, 0.3) is 0 Å². The van der Waals surface area contributed by atoms with Gasteiger partial charge < -0.3 is 9.84 Å². The quantitative estimate of drug-likeness (QED) is 0.754. The van der Waals surface area contributed by atoms with Crippen molar-refractivity contribution in [3.63, 3.8) is 0 Å². The standard InChI is InChI=1S/C14H14O3/c15-13(16)10-4-5-11-9-14(17-12(11)8-10)6-2-1-3-7-14/h2,4-6,8H,1,3,7,9H2,(H,15,16). The molecule has 17 heavy (non-hydrogen) atoms. The maximum absolute atomic E-state index is 10.9. The normalized spacial score (nSPS) is 25.6. The number of allylic oxidation sites excluding steroid dienone is 1. The molecule has 0 saturated carbocycles. The topological polar surface area (TPSA) is 46.5 Å². The number of carboxylic acids is 1. The predicted molar refractivity (Wildman–Crippen MR) is 63.5 cm³/mol. The van der Waals surface area contributed by atoms with Crippen molar-refractivity contribution in [2.45, 2.75) is 31.3 Å². The molecule has 3 rings (SSSR count). The number of hydrogen-bond donors (Lipinski definition) is 1. The van der Waals surface area contributed by atoms with Crippen LogP contribution in [0.25, 0.3) is 0 Å². The van der Waals surface area contributed by atoms with E-state index in [-0.39, 0.29) is 5.60 Å². The summed E-state index contributed by atoms with van der Waals surface area (Å²) in [4.78, 5) is 10.9. The van der Waals surface area contributed by atoms with Crippen LogP contribution < -0.4 is 4.74 Å². The highest BCUT2D eigenvalue weighted by molar-refractivity contribution is 5.88. The predicted octanol–water partition coefficient (Wildman–Crippen LogP) is 2.80. The molecule has 1 N–H and O–H groups in total. The molecule has 1 aliphatic carbocycles. The van der Waals surface area contributed by atoms with Crippen molar-refractivity contribution in [1.82, 2.24) is 0 Å². The van der Waals surface area contributed by atoms with Crippen LogP contribution in [-0.4, -0.2) is 16.7 Å². The molecule has 0 saturated heterocycles. The van der Waals surface area contributed by atoms with Crippen LogP contribution in [0, 0.1) is 0 Å². The summed E-state index contributed by atoms with van der Waals surface area (Å²) in [5, 5.41) is 8.95. The first kappa shape index (κ1) is 10.4. The van der Waals surface area contributed by atoms with E-state index in [0.29, 0.717) is 5.56 Å². The van der Waals surface area contributed by atoms with E-state index in [2.05, 4.69) is 12.2 Å². The Morgan fingerprint density at radius 2 is 2.29 bits per heavy atom. The van der Waals surface area contributed by atoms with E-state index in [1.807, 2.05) is 6.07 Å². The minimum Gasteiger partial charge on any atom is -0.483 e. The second kappa shape index (κ2) is 3.62. The van der Waals surface area contributed by atoms with Crippen LogP contribution >= 0.6 is 0 Å². The lowest BCUT2D eigenvalue weighted by atomic mass is 9.87. The Morgan fingerprint density at radius 3 is 3.00 bits per heavy atom. The second-order valence-electron chi connectivity index (χ2n) is 4.77. The molecule has 3 heteroatoms. The Bertz CT molecular complexity index is 504. The lowest BCUT2D eigenvalue weighted by Crippen LogP contribution is -2.33. The van der Waals surface area contributed by atoms with E-state index in [1.54, 1.807) is 12.1 Å². The number of aromatic carboxylic acids is 1. The minimum atomic E-state index is -0.906. The van der Waals surface area contributed by atoms with Crippen LogP contribution in [0.3, 0.4) is 0 Å². The van der Waals surface area contributed by atoms with Gasteiger partial charge in [-0.2, -0.15) is 0 Å². The van der Waals surface area contributed by atoms with Crippen LogP contribution in [0.5, 0.6) is 5.75 Å². The lowest BCUT2D eigenvalue weighted by Gasteiger charge is -2.27. The molecule has 1 spiro atoms. The van der Waals surface area contributed by atoms with Gasteiger partial charge in [0.1, 0.15) is 11.4 Å². The molecule has 1 heterocycles. The summed E-state index contributed by atoms with van der Waals surface area (Å²) in [5.41, 5.74) is 1.19. The van der Waals surface area contributed by atoms with Gasteiger partial charge in [-0.3, -0.25) is 0 Å². The third-order valence-electron chi connectivity index (χ3n) is 3.51. The van der Waals surface area contributed by atoms with E-state index in [1.165, 1.54) is 0 Å². The number of carbonyl (C=O) groups is 1. The molecule has 0 fully saturated rings. The van der Waals surface area contributed by atoms with E-state index in [4.69, 9.17) is 9.84 Å². The Kier molecular flexibility index (Phi) is 2.21. The summed E-state index contributed by atoms with van der Waals surface area (Å²) in [6.07, 6.45) is 8.42. The van der Waals surface area contributed by atoms with E-state index in [9.17, 15) is 4.79 Å². The maximum Gasteiger partial charge on any atom is 0.335 e. The first-order chi connectivity index (χ1) is 8.19. The van der Waals surface area contributed by atoms with Crippen molar-refractivity contribution in [1.29, 1.82) is 0 Å². The third-order valence-corrected chi connectivity index (χ3v) is 3.51. The SMILES string of the molecule is O=C(O)c1ccc2c(c1)OC1(C=CCCC1)C2. The number of rotatable bonds is 1. The fraction of sp³-hybridized carbons (Fsp3) is 0.357. The average molecular weight is 230 g/mol. The molecular formula is C14H14O3. The molecule has 3 nitrogen and oxygen atoms in total. The molecule has 1 aromatic rings. The molecule has 1 atom stereocenters. The molecule has 1 unspecified atom stereocenters. The van der Waals surface area contributed by atoms with Crippen molar-refractivity contribution in [3.05, 3.63) is 41.5 Å². The smallest absolute Gasteiger partial charge is 0.335 e. The van der Waals surface area contributed by atoms with Gasteiger partial charge in [-0.1, -0.05) is 12.1 Å². The second-order valence-corrected chi connectivity index (χ2v) is 4.77. The van der Waals surface area contributed by atoms with Gasteiger partial charge in [0, 0.05) is 6.42 Å². The number of ether oxygens (including phenoxy) is 1. The highest BCUT2D eigenvalue weighted by Gasteiger charge is 2.37. The van der Waals surface area contributed by atoms with Crippen molar-refractivity contribution < 1.29 is 14.6 Å². The lowest BCUT2D eigenvalue weighted by molar-refractivity contribution is 0.0695. The van der Waals surface area contributed by atoms with Gasteiger partial charge >= 0.3 is 5.97 Å². The van der Waals surface area contributed by atoms with E-state index < -0.39 is 5.97 Å². The Morgan fingerprint density at radius 1 is 1.41 bits per heavy atom.